The van der Waals surface area contributed by atoms with Crippen molar-refractivity contribution in [3.05, 3.63) is 29.3 Å². The van der Waals surface area contributed by atoms with Crippen molar-refractivity contribution in [2.45, 2.75) is 59.4 Å². The molecule has 3 amide bonds. The number of likely N-dealkylation sites (tertiary alicyclic amines) is 1. The number of rotatable bonds is 6. The van der Waals surface area contributed by atoms with Crippen LogP contribution in [0.15, 0.2) is 18.2 Å². The highest BCUT2D eigenvalue weighted by molar-refractivity contribution is 5.96. The summed E-state index contributed by atoms with van der Waals surface area (Å²) in [6.07, 6.45) is 2.93. The average Bonchev–Trinajstić information content (AvgIpc) is 2.76. The molecule has 1 heterocycles. The second-order valence-electron chi connectivity index (χ2n) is 7.77. The summed E-state index contributed by atoms with van der Waals surface area (Å²) >= 11 is 0. The zero-order chi connectivity index (χ0) is 20.0. The Morgan fingerprint density at radius 3 is 2.63 bits per heavy atom. The van der Waals surface area contributed by atoms with Gasteiger partial charge in [-0.25, -0.2) is 0 Å². The number of benzene rings is 1. The Labute approximate surface area is 161 Å². The average molecular weight is 373 g/mol. The largest absolute Gasteiger partial charge is 0.349 e. The molecule has 1 unspecified atom stereocenters. The molecule has 1 aliphatic heterocycles. The summed E-state index contributed by atoms with van der Waals surface area (Å²) in [5.41, 5.74) is 2.11. The van der Waals surface area contributed by atoms with Crippen molar-refractivity contribution in [1.29, 1.82) is 0 Å². The SMILES string of the molecule is CC(=O)Nc1ccc(C(=O)NC2CCC(=O)N(CCC(C)C)CC2)cc1C. The van der Waals surface area contributed by atoms with Crippen molar-refractivity contribution in [1.82, 2.24) is 10.2 Å². The highest BCUT2D eigenvalue weighted by Gasteiger charge is 2.24. The van der Waals surface area contributed by atoms with Crippen molar-refractivity contribution in [3.8, 4) is 0 Å². The standard InChI is InChI=1S/C21H31N3O3/c1-14(2)9-11-24-12-10-18(6-8-20(24)26)23-21(27)17-5-7-19(15(3)13-17)22-16(4)25/h5,7,13-14,18H,6,8-12H2,1-4H3,(H,22,25)(H,23,27). The fourth-order valence-electron chi connectivity index (χ4n) is 3.23. The van der Waals surface area contributed by atoms with Gasteiger partial charge in [-0.2, -0.15) is 0 Å². The lowest BCUT2D eigenvalue weighted by atomic mass is 10.1. The highest BCUT2D eigenvalue weighted by atomic mass is 16.2. The van der Waals surface area contributed by atoms with Crippen LogP contribution in [0.4, 0.5) is 5.69 Å². The molecule has 1 aromatic carbocycles. The molecule has 2 N–H and O–H groups in total. The van der Waals surface area contributed by atoms with Crippen molar-refractivity contribution in [2.75, 3.05) is 18.4 Å². The third-order valence-electron chi connectivity index (χ3n) is 4.92. The number of nitrogens with one attached hydrogen (secondary N) is 2. The van der Waals surface area contributed by atoms with Gasteiger partial charge in [0.1, 0.15) is 0 Å². The molecule has 6 nitrogen and oxygen atoms in total. The van der Waals surface area contributed by atoms with E-state index in [1.807, 2.05) is 11.8 Å². The van der Waals surface area contributed by atoms with Gasteiger partial charge in [0.15, 0.2) is 0 Å². The van der Waals surface area contributed by atoms with Crippen LogP contribution in [0.3, 0.4) is 0 Å². The van der Waals surface area contributed by atoms with Crippen molar-refractivity contribution in [3.63, 3.8) is 0 Å². The summed E-state index contributed by atoms with van der Waals surface area (Å²) in [4.78, 5) is 38.0. The van der Waals surface area contributed by atoms with Crippen LogP contribution in [-0.4, -0.2) is 41.8 Å². The molecule has 1 aromatic rings. The van der Waals surface area contributed by atoms with E-state index in [2.05, 4.69) is 24.5 Å². The van der Waals surface area contributed by atoms with Crippen molar-refractivity contribution >= 4 is 23.4 Å². The lowest BCUT2D eigenvalue weighted by Crippen LogP contribution is -2.36. The van der Waals surface area contributed by atoms with E-state index in [4.69, 9.17) is 0 Å². The monoisotopic (exact) mass is 373 g/mol. The van der Waals surface area contributed by atoms with Crippen molar-refractivity contribution < 1.29 is 14.4 Å². The normalized spacial score (nSPS) is 17.6. The van der Waals surface area contributed by atoms with Gasteiger partial charge in [0.05, 0.1) is 0 Å². The lowest BCUT2D eigenvalue weighted by molar-refractivity contribution is -0.130. The van der Waals surface area contributed by atoms with Crippen LogP contribution in [0.2, 0.25) is 0 Å². The molecule has 2 rings (SSSR count). The first-order valence-corrected chi connectivity index (χ1v) is 9.73. The Morgan fingerprint density at radius 2 is 2.00 bits per heavy atom. The summed E-state index contributed by atoms with van der Waals surface area (Å²) < 4.78 is 0. The minimum absolute atomic E-state index is 0.000766. The molecule has 0 saturated carbocycles. The first kappa shape index (κ1) is 20.9. The molecule has 0 spiro atoms. The number of carbonyl (C=O) groups excluding carboxylic acids is 3. The van der Waals surface area contributed by atoms with E-state index < -0.39 is 0 Å². The predicted octanol–water partition coefficient (Wildman–Crippen LogP) is 3.11. The highest BCUT2D eigenvalue weighted by Crippen LogP contribution is 2.18. The topological polar surface area (TPSA) is 78.5 Å². The van der Waals surface area contributed by atoms with Gasteiger partial charge in [0.25, 0.3) is 5.91 Å². The number of carbonyl (C=O) groups is 3. The number of aryl methyl sites for hydroxylation is 1. The first-order valence-electron chi connectivity index (χ1n) is 9.73. The number of nitrogens with zero attached hydrogens (tertiary/aromatic N) is 1. The maximum atomic E-state index is 12.6. The molecule has 1 saturated heterocycles. The Hall–Kier alpha value is -2.37. The minimum Gasteiger partial charge on any atom is -0.349 e. The van der Waals surface area contributed by atoms with Gasteiger partial charge in [-0.05, 0) is 55.9 Å². The molecule has 0 radical (unpaired) electrons. The smallest absolute Gasteiger partial charge is 0.251 e. The number of hydrogen-bond acceptors (Lipinski definition) is 3. The van der Waals surface area contributed by atoms with Crippen molar-refractivity contribution in [2.24, 2.45) is 5.92 Å². The van der Waals surface area contributed by atoms with Gasteiger partial charge in [0, 0.05) is 43.7 Å². The van der Waals surface area contributed by atoms with Crippen LogP contribution >= 0.6 is 0 Å². The molecular formula is C21H31N3O3. The van der Waals surface area contributed by atoms with Gasteiger partial charge in [-0.3, -0.25) is 14.4 Å². The third kappa shape index (κ3) is 6.38. The van der Waals surface area contributed by atoms with E-state index in [-0.39, 0.29) is 23.8 Å². The maximum Gasteiger partial charge on any atom is 0.251 e. The number of anilines is 1. The molecule has 27 heavy (non-hydrogen) atoms. The zero-order valence-electron chi connectivity index (χ0n) is 16.8. The second kappa shape index (κ2) is 9.53. The predicted molar refractivity (Wildman–Crippen MR) is 107 cm³/mol. The Balaban J connectivity index is 1.94. The van der Waals surface area contributed by atoms with E-state index in [0.717, 1.165) is 24.9 Å². The summed E-state index contributed by atoms with van der Waals surface area (Å²) in [5, 5.41) is 5.81. The van der Waals surface area contributed by atoms with Crippen LogP contribution in [0, 0.1) is 12.8 Å². The van der Waals surface area contributed by atoms with E-state index >= 15 is 0 Å². The van der Waals surface area contributed by atoms with E-state index in [0.29, 0.717) is 36.6 Å². The molecule has 0 bridgehead atoms. The van der Waals surface area contributed by atoms with E-state index in [9.17, 15) is 14.4 Å². The van der Waals surface area contributed by atoms with Crippen LogP contribution in [0.5, 0.6) is 0 Å². The maximum absolute atomic E-state index is 12.6. The van der Waals surface area contributed by atoms with Crippen LogP contribution in [-0.2, 0) is 9.59 Å². The lowest BCUT2D eigenvalue weighted by Gasteiger charge is -2.22. The number of hydrogen-bond donors (Lipinski definition) is 2. The van der Waals surface area contributed by atoms with Gasteiger partial charge >= 0.3 is 0 Å². The van der Waals surface area contributed by atoms with E-state index in [1.54, 1.807) is 18.2 Å². The molecule has 1 aliphatic rings. The zero-order valence-corrected chi connectivity index (χ0v) is 16.8. The summed E-state index contributed by atoms with van der Waals surface area (Å²) in [7, 11) is 0. The number of amides is 3. The van der Waals surface area contributed by atoms with Gasteiger partial charge in [-0.1, -0.05) is 13.8 Å². The van der Waals surface area contributed by atoms with Gasteiger partial charge < -0.3 is 15.5 Å². The summed E-state index contributed by atoms with van der Waals surface area (Å²) in [5.74, 6) is 0.476. The quantitative estimate of drug-likeness (QED) is 0.804. The van der Waals surface area contributed by atoms with Crippen LogP contribution in [0.25, 0.3) is 0 Å². The fourth-order valence-corrected chi connectivity index (χ4v) is 3.23. The molecule has 0 aromatic heterocycles. The molecule has 0 aliphatic carbocycles. The van der Waals surface area contributed by atoms with Gasteiger partial charge in [0.2, 0.25) is 11.8 Å². The second-order valence-corrected chi connectivity index (χ2v) is 7.77. The Morgan fingerprint density at radius 1 is 1.26 bits per heavy atom. The van der Waals surface area contributed by atoms with Crippen LogP contribution < -0.4 is 10.6 Å². The fraction of sp³-hybridized carbons (Fsp3) is 0.571. The molecule has 1 atom stereocenters. The molecular weight excluding hydrogens is 342 g/mol. The summed E-state index contributed by atoms with van der Waals surface area (Å²) in [6, 6.07) is 5.23. The summed E-state index contributed by atoms with van der Waals surface area (Å²) in [6.45, 7) is 9.11. The molecule has 1 fully saturated rings. The molecule has 148 valence electrons. The van der Waals surface area contributed by atoms with Crippen LogP contribution in [0.1, 0.15) is 62.4 Å². The van der Waals surface area contributed by atoms with Gasteiger partial charge in [-0.15, -0.1) is 0 Å². The minimum atomic E-state index is -0.138. The third-order valence-corrected chi connectivity index (χ3v) is 4.92. The molecule has 6 heteroatoms. The Bertz CT molecular complexity index is 700. The Kier molecular flexibility index (Phi) is 7.39. The first-order chi connectivity index (χ1) is 12.8. The van der Waals surface area contributed by atoms with E-state index in [1.165, 1.54) is 6.92 Å².